The third kappa shape index (κ3) is 7.10. The Labute approximate surface area is 171 Å². The third-order valence-electron chi connectivity index (χ3n) is 3.94. The number of hydrogen-bond acceptors (Lipinski definition) is 3. The molecule has 0 spiro atoms. The van der Waals surface area contributed by atoms with Crippen LogP contribution in [-0.2, 0) is 16.3 Å². The van der Waals surface area contributed by atoms with Crippen LogP contribution in [0, 0.1) is 5.82 Å². The van der Waals surface area contributed by atoms with E-state index in [9.17, 15) is 12.8 Å². The molecule has 0 bridgehead atoms. The molecule has 3 N–H and O–H groups in total. The molecule has 1 heterocycles. The van der Waals surface area contributed by atoms with Gasteiger partial charge in [-0.25, -0.2) is 12.8 Å². The highest BCUT2D eigenvalue weighted by atomic mass is 127. The molecule has 6 nitrogen and oxygen atoms in total. The number of aromatic nitrogens is 1. The number of H-pyrrole nitrogens is 1. The van der Waals surface area contributed by atoms with Crippen molar-refractivity contribution in [2.75, 3.05) is 25.6 Å². The van der Waals surface area contributed by atoms with Crippen molar-refractivity contribution in [1.82, 2.24) is 15.6 Å². The SMILES string of the molecule is CN=C(NCCc1c[nH]c2cc(F)ccc12)NC(C)CCS(C)(=O)=O.I. The number of rotatable bonds is 7. The number of nitrogens with one attached hydrogen (secondary N) is 3. The Bertz CT molecular complexity index is 852. The maximum Gasteiger partial charge on any atom is 0.191 e. The van der Waals surface area contributed by atoms with Crippen molar-refractivity contribution < 1.29 is 12.8 Å². The molecule has 2 aromatic rings. The summed E-state index contributed by atoms with van der Waals surface area (Å²) in [5.41, 5.74) is 1.88. The van der Waals surface area contributed by atoms with Crippen LogP contribution in [0.1, 0.15) is 18.9 Å². The van der Waals surface area contributed by atoms with Gasteiger partial charge < -0.3 is 15.6 Å². The first-order valence-corrected chi connectivity index (χ1v) is 10.2. The number of halogens is 2. The standard InChI is InChI=1S/C17H25FN4O2S.HI/c1-12(7-9-25(3,23)24)22-17(19-2)20-8-6-13-11-21-16-10-14(18)4-5-15(13)16;/h4-5,10-12,21H,6-9H2,1-3H3,(H2,19,20,22);1H. The Morgan fingerprint density at radius 1 is 1.38 bits per heavy atom. The lowest BCUT2D eigenvalue weighted by molar-refractivity contribution is 0.581. The van der Waals surface area contributed by atoms with Crippen LogP contribution in [0.25, 0.3) is 10.9 Å². The fraction of sp³-hybridized carbons (Fsp3) is 0.471. The molecule has 0 saturated heterocycles. The first kappa shape index (κ1) is 22.7. The minimum Gasteiger partial charge on any atom is -0.361 e. The smallest absolute Gasteiger partial charge is 0.191 e. The molecular weight excluding hydrogens is 470 g/mol. The quantitative estimate of drug-likeness (QED) is 0.312. The Kier molecular flexibility index (Phi) is 8.81. The van der Waals surface area contributed by atoms with E-state index in [1.54, 1.807) is 13.1 Å². The van der Waals surface area contributed by atoms with Crippen molar-refractivity contribution in [3.63, 3.8) is 0 Å². The summed E-state index contributed by atoms with van der Waals surface area (Å²) in [7, 11) is -1.29. The van der Waals surface area contributed by atoms with Gasteiger partial charge in [0.1, 0.15) is 15.7 Å². The van der Waals surface area contributed by atoms with Gasteiger partial charge >= 0.3 is 0 Å². The van der Waals surface area contributed by atoms with Gasteiger partial charge in [-0.15, -0.1) is 24.0 Å². The van der Waals surface area contributed by atoms with Crippen LogP contribution in [0.2, 0.25) is 0 Å². The first-order chi connectivity index (χ1) is 11.8. The van der Waals surface area contributed by atoms with Crippen LogP contribution < -0.4 is 10.6 Å². The van der Waals surface area contributed by atoms with E-state index in [0.717, 1.165) is 22.9 Å². The summed E-state index contributed by atoms with van der Waals surface area (Å²) in [6, 6.07) is 4.71. The highest BCUT2D eigenvalue weighted by Gasteiger charge is 2.10. The predicted molar refractivity (Wildman–Crippen MR) is 116 cm³/mol. The summed E-state index contributed by atoms with van der Waals surface area (Å²) in [6.07, 6.45) is 4.40. The zero-order valence-electron chi connectivity index (χ0n) is 15.2. The van der Waals surface area contributed by atoms with Crippen molar-refractivity contribution in [3.05, 3.63) is 35.8 Å². The molecule has 0 radical (unpaired) electrons. The van der Waals surface area contributed by atoms with Gasteiger partial charge in [-0.3, -0.25) is 4.99 Å². The molecule has 1 atom stereocenters. The van der Waals surface area contributed by atoms with Crippen LogP contribution in [-0.4, -0.2) is 51.0 Å². The lowest BCUT2D eigenvalue weighted by atomic mass is 10.1. The molecule has 146 valence electrons. The highest BCUT2D eigenvalue weighted by molar-refractivity contribution is 14.0. The van der Waals surface area contributed by atoms with Crippen LogP contribution in [0.4, 0.5) is 4.39 Å². The Balaban J connectivity index is 0.00000338. The average molecular weight is 496 g/mol. The lowest BCUT2D eigenvalue weighted by Gasteiger charge is -2.17. The summed E-state index contributed by atoms with van der Waals surface area (Å²) < 4.78 is 35.7. The van der Waals surface area contributed by atoms with Gasteiger partial charge in [0.05, 0.1) is 5.75 Å². The van der Waals surface area contributed by atoms with Crippen molar-refractivity contribution in [2.45, 2.75) is 25.8 Å². The van der Waals surface area contributed by atoms with Crippen LogP contribution in [0.15, 0.2) is 29.4 Å². The Hall–Kier alpha value is -1.36. The van der Waals surface area contributed by atoms with Gasteiger partial charge in [0, 0.05) is 43.0 Å². The highest BCUT2D eigenvalue weighted by Crippen LogP contribution is 2.19. The molecule has 9 heteroatoms. The molecule has 26 heavy (non-hydrogen) atoms. The van der Waals surface area contributed by atoms with E-state index >= 15 is 0 Å². The molecule has 2 rings (SSSR count). The molecule has 0 fully saturated rings. The number of fused-ring (bicyclic) bond motifs is 1. The monoisotopic (exact) mass is 496 g/mol. The summed E-state index contributed by atoms with van der Waals surface area (Å²) in [5.74, 6) is 0.517. The van der Waals surface area contributed by atoms with Crippen LogP contribution >= 0.6 is 24.0 Å². The van der Waals surface area contributed by atoms with E-state index in [1.165, 1.54) is 18.4 Å². The minimum atomic E-state index is -2.96. The van der Waals surface area contributed by atoms with Crippen molar-refractivity contribution in [3.8, 4) is 0 Å². The summed E-state index contributed by atoms with van der Waals surface area (Å²) in [6.45, 7) is 2.58. The van der Waals surface area contributed by atoms with E-state index in [4.69, 9.17) is 0 Å². The topological polar surface area (TPSA) is 86.3 Å². The maximum absolute atomic E-state index is 13.2. The largest absolute Gasteiger partial charge is 0.361 e. The molecule has 0 aliphatic heterocycles. The predicted octanol–water partition coefficient (Wildman–Crippen LogP) is 2.46. The van der Waals surface area contributed by atoms with E-state index in [0.29, 0.717) is 18.9 Å². The Morgan fingerprint density at radius 3 is 2.77 bits per heavy atom. The minimum absolute atomic E-state index is 0. The summed E-state index contributed by atoms with van der Waals surface area (Å²) >= 11 is 0. The van der Waals surface area contributed by atoms with Crippen LogP contribution in [0.5, 0.6) is 0 Å². The van der Waals surface area contributed by atoms with Crippen molar-refractivity contribution in [1.29, 1.82) is 0 Å². The molecule has 1 unspecified atom stereocenters. The molecule has 0 aliphatic rings. The van der Waals surface area contributed by atoms with E-state index in [-0.39, 0.29) is 41.6 Å². The van der Waals surface area contributed by atoms with Gasteiger partial charge in [-0.1, -0.05) is 0 Å². The van der Waals surface area contributed by atoms with E-state index in [1.807, 2.05) is 13.1 Å². The van der Waals surface area contributed by atoms with E-state index in [2.05, 4.69) is 20.6 Å². The maximum atomic E-state index is 13.2. The first-order valence-electron chi connectivity index (χ1n) is 8.19. The number of aromatic amines is 1. The van der Waals surface area contributed by atoms with Crippen molar-refractivity contribution >= 4 is 50.7 Å². The van der Waals surface area contributed by atoms with Gasteiger partial charge in [-0.2, -0.15) is 0 Å². The fourth-order valence-electron chi connectivity index (χ4n) is 2.57. The second-order valence-corrected chi connectivity index (χ2v) is 8.48. The molecule has 1 aromatic heterocycles. The summed E-state index contributed by atoms with van der Waals surface area (Å²) in [4.78, 5) is 7.23. The third-order valence-corrected chi connectivity index (χ3v) is 4.92. The molecule has 0 aliphatic carbocycles. The van der Waals surface area contributed by atoms with Gasteiger partial charge in [-0.05, 0) is 43.5 Å². The van der Waals surface area contributed by atoms with Gasteiger partial charge in [0.15, 0.2) is 5.96 Å². The number of hydrogen-bond donors (Lipinski definition) is 3. The average Bonchev–Trinajstić information content (AvgIpc) is 2.93. The van der Waals surface area contributed by atoms with Crippen molar-refractivity contribution in [2.24, 2.45) is 4.99 Å². The lowest BCUT2D eigenvalue weighted by Crippen LogP contribution is -2.43. The number of aliphatic imine (C=N–C) groups is 1. The van der Waals surface area contributed by atoms with E-state index < -0.39 is 9.84 Å². The molecule has 0 amide bonds. The Morgan fingerprint density at radius 2 is 2.12 bits per heavy atom. The summed E-state index contributed by atoms with van der Waals surface area (Å²) in [5, 5.41) is 7.40. The molecular formula is C17H26FIN4O2S. The van der Waals surface area contributed by atoms with Gasteiger partial charge in [0.25, 0.3) is 0 Å². The normalized spacial score (nSPS) is 13.3. The number of guanidine groups is 1. The zero-order valence-corrected chi connectivity index (χ0v) is 18.3. The number of sulfone groups is 1. The number of nitrogens with zero attached hydrogens (tertiary/aromatic N) is 1. The molecule has 1 aromatic carbocycles. The molecule has 0 saturated carbocycles. The fourth-order valence-corrected chi connectivity index (χ4v) is 3.35. The second kappa shape index (κ2) is 10.1. The second-order valence-electron chi connectivity index (χ2n) is 6.22. The number of benzene rings is 1. The van der Waals surface area contributed by atoms with Gasteiger partial charge in [0.2, 0.25) is 0 Å². The van der Waals surface area contributed by atoms with Crippen LogP contribution in [0.3, 0.4) is 0 Å². The zero-order chi connectivity index (χ0) is 18.4.